The van der Waals surface area contributed by atoms with E-state index >= 15 is 0 Å². The molecule has 0 spiro atoms. The van der Waals surface area contributed by atoms with Crippen molar-refractivity contribution in [2.24, 2.45) is 0 Å². The van der Waals surface area contributed by atoms with Crippen LogP contribution >= 0.6 is 11.6 Å². The van der Waals surface area contributed by atoms with E-state index in [1.54, 1.807) is 19.2 Å². The molecule has 1 heterocycles. The van der Waals surface area contributed by atoms with Crippen LogP contribution in [0.5, 0.6) is 0 Å². The number of hydrogen-bond donors (Lipinski definition) is 2. The molecule has 21 heavy (non-hydrogen) atoms. The molecule has 0 bridgehead atoms. The molecule has 1 aromatic carbocycles. The molecule has 1 aromatic rings. The normalized spacial score (nSPS) is 19.0. The predicted molar refractivity (Wildman–Crippen MR) is 83.0 cm³/mol. The first-order valence-corrected chi connectivity index (χ1v) is 8.93. The van der Waals surface area contributed by atoms with E-state index in [4.69, 9.17) is 16.3 Å². The smallest absolute Gasteiger partial charge is 0.240 e. The highest BCUT2D eigenvalue weighted by molar-refractivity contribution is 7.89. The summed E-state index contributed by atoms with van der Waals surface area (Å²) in [5, 5.41) is 3.53. The summed E-state index contributed by atoms with van der Waals surface area (Å²) in [5.74, 6) is 0. The zero-order valence-electron chi connectivity index (χ0n) is 12.1. The fourth-order valence-electron chi connectivity index (χ4n) is 2.35. The third-order valence-electron chi connectivity index (χ3n) is 3.48. The molecule has 1 aliphatic heterocycles. The minimum Gasteiger partial charge on any atom is -0.378 e. The number of halogens is 1. The summed E-state index contributed by atoms with van der Waals surface area (Å²) in [5.41, 5.74) is 0.765. The predicted octanol–water partition coefficient (Wildman–Crippen LogP) is 1.91. The van der Waals surface area contributed by atoms with Gasteiger partial charge in [-0.25, -0.2) is 13.1 Å². The molecular formula is C14H21ClN2O3S. The summed E-state index contributed by atoms with van der Waals surface area (Å²) in [6.07, 6.45) is 2.95. The Hall–Kier alpha value is -0.660. The van der Waals surface area contributed by atoms with Gasteiger partial charge in [0.25, 0.3) is 0 Å². The highest BCUT2D eigenvalue weighted by Gasteiger charge is 2.18. The van der Waals surface area contributed by atoms with Crippen molar-refractivity contribution in [3.8, 4) is 0 Å². The van der Waals surface area contributed by atoms with Crippen LogP contribution in [0.4, 0.5) is 0 Å². The van der Waals surface area contributed by atoms with Crippen molar-refractivity contribution in [2.45, 2.75) is 36.8 Å². The largest absolute Gasteiger partial charge is 0.378 e. The summed E-state index contributed by atoms with van der Waals surface area (Å²) in [7, 11) is -1.71. The highest BCUT2D eigenvalue weighted by Crippen LogP contribution is 2.20. The summed E-state index contributed by atoms with van der Waals surface area (Å²) in [6, 6.07) is 4.74. The first-order valence-electron chi connectivity index (χ1n) is 7.07. The van der Waals surface area contributed by atoms with E-state index in [1.165, 1.54) is 6.07 Å². The topological polar surface area (TPSA) is 67.4 Å². The summed E-state index contributed by atoms with van der Waals surface area (Å²) in [4.78, 5) is 0.240. The van der Waals surface area contributed by atoms with Crippen LogP contribution in [-0.4, -0.2) is 34.7 Å². The van der Waals surface area contributed by atoms with E-state index in [9.17, 15) is 8.42 Å². The van der Waals surface area contributed by atoms with Gasteiger partial charge in [-0.1, -0.05) is 11.6 Å². The van der Waals surface area contributed by atoms with Gasteiger partial charge in [0.05, 0.1) is 11.0 Å². The molecule has 0 aromatic heterocycles. The maximum Gasteiger partial charge on any atom is 0.240 e. The Morgan fingerprint density at radius 1 is 1.43 bits per heavy atom. The maximum atomic E-state index is 12.3. The minimum absolute atomic E-state index is 0.178. The van der Waals surface area contributed by atoms with Gasteiger partial charge in [-0.3, -0.25) is 0 Å². The number of hydrogen-bond acceptors (Lipinski definition) is 4. The van der Waals surface area contributed by atoms with Crippen molar-refractivity contribution >= 4 is 21.6 Å². The monoisotopic (exact) mass is 332 g/mol. The zero-order chi connectivity index (χ0) is 15.3. The molecule has 118 valence electrons. The number of benzene rings is 1. The summed E-state index contributed by atoms with van der Waals surface area (Å²) < 4.78 is 32.6. The third kappa shape index (κ3) is 4.66. The molecular weight excluding hydrogens is 312 g/mol. The van der Waals surface area contributed by atoms with Gasteiger partial charge in [0.1, 0.15) is 0 Å². The van der Waals surface area contributed by atoms with Crippen LogP contribution in [0, 0.1) is 0 Å². The number of sulfonamides is 1. The van der Waals surface area contributed by atoms with Gasteiger partial charge in [0, 0.05) is 24.7 Å². The maximum absolute atomic E-state index is 12.3. The molecule has 5 nitrogen and oxygen atoms in total. The van der Waals surface area contributed by atoms with E-state index in [2.05, 4.69) is 10.0 Å². The van der Waals surface area contributed by atoms with Crippen molar-refractivity contribution in [1.82, 2.24) is 10.0 Å². The fourth-order valence-corrected chi connectivity index (χ4v) is 3.64. The lowest BCUT2D eigenvalue weighted by molar-refractivity contribution is 0.105. The molecule has 7 heteroatoms. The number of nitrogens with one attached hydrogen (secondary N) is 2. The van der Waals surface area contributed by atoms with Crippen LogP contribution in [0.25, 0.3) is 0 Å². The molecule has 0 radical (unpaired) electrons. The van der Waals surface area contributed by atoms with Gasteiger partial charge in [-0.15, -0.1) is 0 Å². The lowest BCUT2D eigenvalue weighted by Crippen LogP contribution is -2.27. The van der Waals surface area contributed by atoms with Crippen molar-refractivity contribution in [2.75, 3.05) is 20.2 Å². The Labute approximate surface area is 131 Å². The zero-order valence-corrected chi connectivity index (χ0v) is 13.6. The first-order chi connectivity index (χ1) is 10.0. The molecule has 0 aliphatic carbocycles. The SMILES string of the molecule is CNCc1cc(S(=O)(=O)NCCC2CCCO2)ccc1Cl. The molecule has 2 rings (SSSR count). The minimum atomic E-state index is -3.50. The second-order valence-electron chi connectivity index (χ2n) is 5.11. The van der Waals surface area contributed by atoms with Crippen molar-refractivity contribution < 1.29 is 13.2 Å². The van der Waals surface area contributed by atoms with E-state index in [-0.39, 0.29) is 11.0 Å². The second kappa shape index (κ2) is 7.56. The van der Waals surface area contributed by atoms with Gasteiger partial charge in [-0.2, -0.15) is 0 Å². The van der Waals surface area contributed by atoms with Crippen molar-refractivity contribution in [1.29, 1.82) is 0 Å². The highest BCUT2D eigenvalue weighted by atomic mass is 35.5. The van der Waals surface area contributed by atoms with Gasteiger partial charge in [-0.05, 0) is 50.1 Å². The number of ether oxygens (including phenoxy) is 1. The van der Waals surface area contributed by atoms with Crippen molar-refractivity contribution in [3.63, 3.8) is 0 Å². The second-order valence-corrected chi connectivity index (χ2v) is 7.28. The Morgan fingerprint density at radius 2 is 2.24 bits per heavy atom. The Bertz CT molecular complexity index is 572. The van der Waals surface area contributed by atoms with Gasteiger partial charge in [0.2, 0.25) is 10.0 Å². The Balaban J connectivity index is 1.99. The number of rotatable bonds is 7. The third-order valence-corrected chi connectivity index (χ3v) is 5.30. The molecule has 0 amide bonds. The standard InChI is InChI=1S/C14H21ClN2O3S/c1-16-10-11-9-13(4-5-14(11)15)21(18,19)17-7-6-12-3-2-8-20-12/h4-5,9,12,16-17H,2-3,6-8,10H2,1H3. The van der Waals surface area contributed by atoms with Crippen LogP contribution in [0.1, 0.15) is 24.8 Å². The first kappa shape index (κ1) is 16.7. The van der Waals surface area contributed by atoms with Crippen LogP contribution < -0.4 is 10.0 Å². The van der Waals surface area contributed by atoms with Gasteiger partial charge < -0.3 is 10.1 Å². The van der Waals surface area contributed by atoms with Crippen LogP contribution in [0.2, 0.25) is 5.02 Å². The quantitative estimate of drug-likeness (QED) is 0.800. The lowest BCUT2D eigenvalue weighted by Gasteiger charge is -2.12. The average Bonchev–Trinajstić information content (AvgIpc) is 2.94. The summed E-state index contributed by atoms with van der Waals surface area (Å²) >= 11 is 6.04. The van der Waals surface area contributed by atoms with Crippen LogP contribution in [0.15, 0.2) is 23.1 Å². The fraction of sp³-hybridized carbons (Fsp3) is 0.571. The average molecular weight is 333 g/mol. The summed E-state index contributed by atoms with van der Waals surface area (Å²) in [6.45, 7) is 1.69. The molecule has 1 unspecified atom stereocenters. The van der Waals surface area contributed by atoms with E-state index < -0.39 is 10.0 Å². The lowest BCUT2D eigenvalue weighted by atomic mass is 10.2. The molecule has 0 saturated carbocycles. The Kier molecular flexibility index (Phi) is 6.01. The molecule has 1 fully saturated rings. The molecule has 1 atom stereocenters. The van der Waals surface area contributed by atoms with Crippen LogP contribution in [0.3, 0.4) is 0 Å². The van der Waals surface area contributed by atoms with E-state index in [0.29, 0.717) is 24.5 Å². The molecule has 1 aliphatic rings. The van der Waals surface area contributed by atoms with Crippen LogP contribution in [-0.2, 0) is 21.3 Å². The van der Waals surface area contributed by atoms with E-state index in [0.717, 1.165) is 25.0 Å². The molecule has 2 N–H and O–H groups in total. The van der Waals surface area contributed by atoms with Crippen molar-refractivity contribution in [3.05, 3.63) is 28.8 Å². The van der Waals surface area contributed by atoms with E-state index in [1.807, 2.05) is 0 Å². The molecule has 1 saturated heterocycles. The Morgan fingerprint density at radius 3 is 2.90 bits per heavy atom. The van der Waals surface area contributed by atoms with Gasteiger partial charge >= 0.3 is 0 Å². The van der Waals surface area contributed by atoms with Gasteiger partial charge in [0.15, 0.2) is 0 Å².